The lowest BCUT2D eigenvalue weighted by Crippen LogP contribution is -2.31. The molecule has 254 valence electrons. The van der Waals surface area contributed by atoms with E-state index in [-0.39, 0.29) is 11.7 Å². The minimum Gasteiger partial charge on any atom is -0.490 e. The molecule has 1 N–H and O–H groups in total. The molecule has 3 aromatic carbocycles. The number of benzene rings is 3. The second-order valence-electron chi connectivity index (χ2n) is 12.7. The Bertz CT molecular complexity index is 1990. The highest BCUT2D eigenvalue weighted by Crippen LogP contribution is 2.32. The number of halogens is 1. The van der Waals surface area contributed by atoms with E-state index in [1.165, 1.54) is 0 Å². The molecule has 0 amide bonds. The molecule has 11 heteroatoms. The van der Waals surface area contributed by atoms with Crippen molar-refractivity contribution in [1.29, 1.82) is 0 Å². The molecule has 49 heavy (non-hydrogen) atoms. The van der Waals surface area contributed by atoms with Crippen molar-refractivity contribution in [3.8, 4) is 22.9 Å². The van der Waals surface area contributed by atoms with E-state index < -0.39 is 5.97 Å². The summed E-state index contributed by atoms with van der Waals surface area (Å²) in [7, 11) is 3.93. The molecule has 1 atom stereocenters. The van der Waals surface area contributed by atoms with E-state index in [2.05, 4.69) is 22.8 Å². The first kappa shape index (κ1) is 33.0. The standard InChI is InChI=1S/C38H39ClN4O6/c1-42(2)12-15-48-34-19-28(38(44)45)18-33-37(34)41-35(43(33)21-31-11-14-47-31)20-24-6-7-26-16-29(24)22-46-13-10-25-17-30(39)9-8-27(25)23-49-36-5-3-4-32(26)40-36/h3-9,16-19,31H,10-15,20-23H2,1-2H3,(H,44,45). The SMILES string of the molecule is CN(C)CCOc1cc(C(=O)O)cc2c1nc(Cc1ccc3cc1COCCc1cc(Cl)ccc1COc1cccc-3n1)n2CC1CCO1. The van der Waals surface area contributed by atoms with Gasteiger partial charge in [-0.3, -0.25) is 0 Å². The molecule has 1 fully saturated rings. The third-order valence-corrected chi connectivity index (χ3v) is 9.25. The van der Waals surface area contributed by atoms with Crippen molar-refractivity contribution in [3.05, 3.63) is 105 Å². The molecule has 2 aromatic heterocycles. The van der Waals surface area contributed by atoms with Crippen LogP contribution in [0.3, 0.4) is 0 Å². The van der Waals surface area contributed by atoms with Crippen molar-refractivity contribution in [3.63, 3.8) is 0 Å². The van der Waals surface area contributed by atoms with Crippen molar-refractivity contribution in [1.82, 2.24) is 19.4 Å². The Balaban J connectivity index is 1.27. The number of rotatable bonds is 9. The number of aromatic nitrogens is 3. The molecular weight excluding hydrogens is 644 g/mol. The maximum Gasteiger partial charge on any atom is 0.335 e. The Labute approximate surface area is 290 Å². The number of hydrogen-bond donors (Lipinski definition) is 1. The topological polar surface area (TPSA) is 108 Å². The Morgan fingerprint density at radius 1 is 1.02 bits per heavy atom. The molecule has 10 nitrogen and oxygen atoms in total. The Morgan fingerprint density at radius 2 is 1.90 bits per heavy atom. The van der Waals surface area contributed by atoms with E-state index in [9.17, 15) is 9.90 Å². The summed E-state index contributed by atoms with van der Waals surface area (Å²) < 4.78 is 26.5. The van der Waals surface area contributed by atoms with Gasteiger partial charge < -0.3 is 33.5 Å². The molecule has 4 bridgehead atoms. The predicted octanol–water partition coefficient (Wildman–Crippen LogP) is 6.42. The number of nitrogens with zero attached hydrogens (tertiary/aromatic N) is 4. The Morgan fingerprint density at radius 3 is 2.69 bits per heavy atom. The van der Waals surface area contributed by atoms with Gasteiger partial charge in [0.15, 0.2) is 0 Å². The number of carbonyl (C=O) groups is 1. The molecule has 0 radical (unpaired) electrons. The molecule has 2 aliphatic rings. The van der Waals surface area contributed by atoms with Gasteiger partial charge in [0.1, 0.15) is 30.3 Å². The lowest BCUT2D eigenvalue weighted by atomic mass is 9.99. The molecule has 5 aromatic rings. The Kier molecular flexibility index (Phi) is 9.81. The fourth-order valence-corrected chi connectivity index (χ4v) is 6.38. The highest BCUT2D eigenvalue weighted by molar-refractivity contribution is 6.30. The minimum atomic E-state index is -1.02. The number of ether oxygens (including phenoxy) is 4. The first-order chi connectivity index (χ1) is 23.8. The van der Waals surface area contributed by atoms with Crippen LogP contribution in [0.25, 0.3) is 22.3 Å². The largest absolute Gasteiger partial charge is 0.490 e. The third-order valence-electron chi connectivity index (χ3n) is 9.01. The van der Waals surface area contributed by atoms with Gasteiger partial charge in [-0.2, -0.15) is 0 Å². The molecule has 0 aliphatic carbocycles. The zero-order valence-corrected chi connectivity index (χ0v) is 28.4. The second-order valence-corrected chi connectivity index (χ2v) is 13.2. The molecule has 1 unspecified atom stereocenters. The van der Waals surface area contributed by atoms with Crippen LogP contribution >= 0.6 is 11.6 Å². The average molecular weight is 683 g/mol. The summed E-state index contributed by atoms with van der Waals surface area (Å²) >= 11 is 6.36. The lowest BCUT2D eigenvalue weighted by Gasteiger charge is -2.27. The summed E-state index contributed by atoms with van der Waals surface area (Å²) in [5.74, 6) is 0.788. The quantitative estimate of drug-likeness (QED) is 0.188. The van der Waals surface area contributed by atoms with Crippen molar-refractivity contribution < 1.29 is 28.8 Å². The van der Waals surface area contributed by atoms with Gasteiger partial charge in [0.25, 0.3) is 0 Å². The summed E-state index contributed by atoms with van der Waals surface area (Å²) in [5.41, 5.74) is 7.45. The van der Waals surface area contributed by atoms with Gasteiger partial charge in [-0.05, 0) is 85.6 Å². The van der Waals surface area contributed by atoms with Crippen LogP contribution in [0.5, 0.6) is 11.6 Å². The number of aromatic carboxylic acids is 1. The molecule has 1 saturated heterocycles. The number of pyridine rings is 1. The van der Waals surface area contributed by atoms with Crippen molar-refractivity contribution in [2.24, 2.45) is 0 Å². The van der Waals surface area contributed by atoms with E-state index in [1.54, 1.807) is 12.1 Å². The van der Waals surface area contributed by atoms with Crippen molar-refractivity contribution in [2.75, 3.05) is 40.5 Å². The van der Waals surface area contributed by atoms with E-state index in [4.69, 9.17) is 40.5 Å². The molecule has 0 saturated carbocycles. The van der Waals surface area contributed by atoms with E-state index in [0.717, 1.165) is 45.8 Å². The van der Waals surface area contributed by atoms with Gasteiger partial charge in [0.2, 0.25) is 5.88 Å². The van der Waals surface area contributed by atoms with E-state index in [0.29, 0.717) is 86.7 Å². The van der Waals surface area contributed by atoms with Gasteiger partial charge in [-0.15, -0.1) is 0 Å². The molecule has 4 heterocycles. The summed E-state index contributed by atoms with van der Waals surface area (Å²) in [4.78, 5) is 24.1. The van der Waals surface area contributed by atoms with Crippen LogP contribution < -0.4 is 9.47 Å². The summed E-state index contributed by atoms with van der Waals surface area (Å²) in [6.45, 7) is 3.64. The van der Waals surface area contributed by atoms with Crippen LogP contribution in [0, 0.1) is 0 Å². The van der Waals surface area contributed by atoms with Gasteiger partial charge >= 0.3 is 5.97 Å². The fraction of sp³-hybridized carbons (Fsp3) is 0.342. The monoisotopic (exact) mass is 682 g/mol. The number of fused-ring (bicyclic) bond motifs is 7. The summed E-state index contributed by atoms with van der Waals surface area (Å²) in [5, 5.41) is 10.7. The number of likely N-dealkylation sites (N-methyl/N-ethyl adjacent to an activating group) is 1. The fourth-order valence-electron chi connectivity index (χ4n) is 6.18. The smallest absolute Gasteiger partial charge is 0.335 e. The molecule has 7 rings (SSSR count). The summed E-state index contributed by atoms with van der Waals surface area (Å²) in [6.07, 6.45) is 2.14. The first-order valence-corrected chi connectivity index (χ1v) is 16.9. The highest BCUT2D eigenvalue weighted by atomic mass is 35.5. The van der Waals surface area contributed by atoms with Crippen LogP contribution in [0.4, 0.5) is 0 Å². The molecule has 2 aliphatic heterocycles. The van der Waals surface area contributed by atoms with E-state index in [1.807, 2.05) is 55.4 Å². The van der Waals surface area contributed by atoms with Crippen LogP contribution in [0.1, 0.15) is 44.9 Å². The van der Waals surface area contributed by atoms with Crippen LogP contribution in [0.2, 0.25) is 5.02 Å². The van der Waals surface area contributed by atoms with Crippen molar-refractivity contribution in [2.45, 2.75) is 45.1 Å². The zero-order chi connectivity index (χ0) is 33.9. The average Bonchev–Trinajstić information content (AvgIpc) is 3.41. The number of hydrogen-bond acceptors (Lipinski definition) is 8. The predicted molar refractivity (Wildman–Crippen MR) is 187 cm³/mol. The number of carboxylic acid groups (broad SMARTS) is 1. The van der Waals surface area contributed by atoms with Gasteiger partial charge in [-0.25, -0.2) is 14.8 Å². The molecule has 0 spiro atoms. The van der Waals surface area contributed by atoms with Crippen LogP contribution in [-0.4, -0.2) is 77.1 Å². The van der Waals surface area contributed by atoms with Gasteiger partial charge in [-0.1, -0.05) is 35.9 Å². The second kappa shape index (κ2) is 14.6. The van der Waals surface area contributed by atoms with Crippen LogP contribution in [0.15, 0.2) is 66.7 Å². The third kappa shape index (κ3) is 7.58. The van der Waals surface area contributed by atoms with Crippen LogP contribution in [-0.2, 0) is 42.1 Å². The maximum atomic E-state index is 12.2. The highest BCUT2D eigenvalue weighted by Gasteiger charge is 2.25. The van der Waals surface area contributed by atoms with E-state index >= 15 is 0 Å². The van der Waals surface area contributed by atoms with Gasteiger partial charge in [0, 0.05) is 36.2 Å². The number of imidazole rings is 1. The number of carboxylic acids is 1. The molecular formula is C38H39ClN4O6. The normalized spacial score (nSPS) is 16.0. The van der Waals surface area contributed by atoms with Gasteiger partial charge in [0.05, 0.1) is 42.6 Å². The zero-order valence-electron chi connectivity index (χ0n) is 27.7. The Hall–Kier alpha value is -4.48. The summed E-state index contributed by atoms with van der Waals surface area (Å²) in [6, 6.07) is 21.2. The lowest BCUT2D eigenvalue weighted by molar-refractivity contribution is -0.0589. The maximum absolute atomic E-state index is 12.2. The van der Waals surface area contributed by atoms with Crippen molar-refractivity contribution >= 4 is 28.6 Å². The minimum absolute atomic E-state index is 0.0310. The first-order valence-electron chi connectivity index (χ1n) is 16.5.